The summed E-state index contributed by atoms with van der Waals surface area (Å²) in [5.74, 6) is -0.0557. The van der Waals surface area contributed by atoms with Crippen LogP contribution in [0.1, 0.15) is 33.1 Å². The van der Waals surface area contributed by atoms with Crippen molar-refractivity contribution in [1.29, 1.82) is 0 Å². The second kappa shape index (κ2) is 9.67. The molecule has 0 fully saturated rings. The fraction of sp³-hybridized carbons (Fsp3) is 0.269. The minimum Gasteiger partial charge on any atom is -0.378 e. The van der Waals surface area contributed by atoms with Gasteiger partial charge in [-0.05, 0) is 63.3 Å². The molecule has 1 aliphatic rings. The molecule has 0 aromatic heterocycles. The molecule has 1 aliphatic heterocycles. The van der Waals surface area contributed by atoms with Crippen LogP contribution in [-0.2, 0) is 13.0 Å². The zero-order valence-electron chi connectivity index (χ0n) is 18.0. The Labute approximate surface area is 193 Å². The maximum absolute atomic E-state index is 12.9. The predicted molar refractivity (Wildman–Crippen MR) is 131 cm³/mol. The number of amides is 1. The summed E-state index contributed by atoms with van der Waals surface area (Å²) in [4.78, 5) is 17.4. The highest BCUT2D eigenvalue weighted by Gasteiger charge is 2.25. The minimum absolute atomic E-state index is 0.0557. The van der Waals surface area contributed by atoms with Gasteiger partial charge in [-0.1, -0.05) is 48.5 Å². The minimum atomic E-state index is -0.0557. The zero-order valence-corrected chi connectivity index (χ0v) is 19.6. The highest BCUT2D eigenvalue weighted by atomic mass is 79.9. The van der Waals surface area contributed by atoms with Gasteiger partial charge in [-0.15, -0.1) is 0 Å². The fourth-order valence-corrected chi connectivity index (χ4v) is 4.63. The standard InChI is InChI=1S/C26H28BrN3O/c1-29(2)22-13-11-20(12-14-22)25(17-28-26(31)23-9-5-6-10-24(23)27)30-16-15-19-7-3-4-8-21(19)18-30/h3-14,25H,15-18H2,1-2H3,(H,28,31). The molecule has 0 saturated carbocycles. The van der Waals surface area contributed by atoms with Crippen LogP contribution in [0.25, 0.3) is 0 Å². The Balaban J connectivity index is 1.57. The lowest BCUT2D eigenvalue weighted by Crippen LogP contribution is -2.40. The highest BCUT2D eigenvalue weighted by Crippen LogP contribution is 2.29. The molecule has 5 heteroatoms. The number of carbonyl (C=O) groups excluding carboxylic acids is 1. The van der Waals surface area contributed by atoms with Gasteiger partial charge in [0.15, 0.2) is 0 Å². The van der Waals surface area contributed by atoms with E-state index in [0.717, 1.165) is 24.0 Å². The summed E-state index contributed by atoms with van der Waals surface area (Å²) in [6.45, 7) is 2.42. The molecule has 0 radical (unpaired) electrons. The van der Waals surface area contributed by atoms with Crippen LogP contribution in [0.15, 0.2) is 77.3 Å². The average Bonchev–Trinajstić information content (AvgIpc) is 2.79. The number of fused-ring (bicyclic) bond motifs is 1. The van der Waals surface area contributed by atoms with Gasteiger partial charge in [-0.3, -0.25) is 9.69 Å². The number of rotatable bonds is 6. The summed E-state index contributed by atoms with van der Waals surface area (Å²) in [5, 5.41) is 3.18. The Hall–Kier alpha value is -2.63. The number of nitrogens with zero attached hydrogens (tertiary/aromatic N) is 2. The van der Waals surface area contributed by atoms with Crippen LogP contribution in [0, 0.1) is 0 Å². The molecule has 4 nitrogen and oxygen atoms in total. The van der Waals surface area contributed by atoms with E-state index >= 15 is 0 Å². The highest BCUT2D eigenvalue weighted by molar-refractivity contribution is 9.10. The van der Waals surface area contributed by atoms with Gasteiger partial charge in [-0.25, -0.2) is 0 Å². The SMILES string of the molecule is CN(C)c1ccc(C(CNC(=O)c2ccccc2Br)N2CCc3ccccc3C2)cc1. The predicted octanol–water partition coefficient (Wildman–Crippen LogP) is 5.04. The van der Waals surface area contributed by atoms with Crippen LogP contribution < -0.4 is 10.2 Å². The third-order valence-corrected chi connectivity index (χ3v) is 6.66. The first-order chi connectivity index (χ1) is 15.0. The number of hydrogen-bond donors (Lipinski definition) is 1. The quantitative estimate of drug-likeness (QED) is 0.539. The Morgan fingerprint density at radius 1 is 1.00 bits per heavy atom. The Morgan fingerprint density at radius 3 is 2.39 bits per heavy atom. The van der Waals surface area contributed by atoms with Crippen molar-refractivity contribution in [3.8, 4) is 0 Å². The number of halogens is 1. The third kappa shape index (κ3) is 5.00. The second-order valence-corrected chi connectivity index (χ2v) is 9.04. The van der Waals surface area contributed by atoms with Gasteiger partial charge >= 0.3 is 0 Å². The van der Waals surface area contributed by atoms with E-state index in [1.807, 2.05) is 38.4 Å². The van der Waals surface area contributed by atoms with E-state index in [1.165, 1.54) is 22.4 Å². The maximum Gasteiger partial charge on any atom is 0.252 e. The smallest absolute Gasteiger partial charge is 0.252 e. The molecule has 0 spiro atoms. The molecule has 3 aromatic rings. The molecule has 0 saturated heterocycles. The van der Waals surface area contributed by atoms with Gasteiger partial charge in [0.1, 0.15) is 0 Å². The molecule has 1 amide bonds. The van der Waals surface area contributed by atoms with E-state index < -0.39 is 0 Å². The first kappa shape index (κ1) is 21.6. The van der Waals surface area contributed by atoms with E-state index in [-0.39, 0.29) is 11.9 Å². The Morgan fingerprint density at radius 2 is 1.68 bits per heavy atom. The van der Waals surface area contributed by atoms with Gasteiger partial charge in [0.25, 0.3) is 5.91 Å². The summed E-state index contributed by atoms with van der Waals surface area (Å²) < 4.78 is 0.811. The third-order valence-electron chi connectivity index (χ3n) is 5.97. The number of nitrogens with one attached hydrogen (secondary N) is 1. The molecule has 31 heavy (non-hydrogen) atoms. The van der Waals surface area contributed by atoms with E-state index in [4.69, 9.17) is 0 Å². The van der Waals surface area contributed by atoms with Crippen LogP contribution in [0.5, 0.6) is 0 Å². The van der Waals surface area contributed by atoms with Crippen molar-refractivity contribution in [2.24, 2.45) is 0 Å². The molecular formula is C26H28BrN3O. The van der Waals surface area contributed by atoms with E-state index in [0.29, 0.717) is 12.1 Å². The van der Waals surface area contributed by atoms with Crippen molar-refractivity contribution in [2.75, 3.05) is 32.1 Å². The lowest BCUT2D eigenvalue weighted by Gasteiger charge is -2.36. The summed E-state index contributed by atoms with van der Waals surface area (Å²) in [7, 11) is 4.10. The molecule has 1 atom stereocenters. The number of carbonyl (C=O) groups is 1. The molecule has 3 aromatic carbocycles. The average molecular weight is 478 g/mol. The molecule has 4 rings (SSSR count). The van der Waals surface area contributed by atoms with Crippen molar-refractivity contribution in [2.45, 2.75) is 19.0 Å². The lowest BCUT2D eigenvalue weighted by molar-refractivity contribution is 0.0927. The van der Waals surface area contributed by atoms with Crippen molar-refractivity contribution in [1.82, 2.24) is 10.2 Å². The molecule has 1 unspecified atom stereocenters. The summed E-state index contributed by atoms with van der Waals surface area (Å²) >= 11 is 3.49. The Kier molecular flexibility index (Phi) is 6.73. The molecule has 0 aliphatic carbocycles. The molecule has 0 bridgehead atoms. The van der Waals surface area contributed by atoms with Crippen LogP contribution in [0.4, 0.5) is 5.69 Å². The lowest BCUT2D eigenvalue weighted by atomic mass is 9.96. The van der Waals surface area contributed by atoms with Gasteiger partial charge in [0, 0.05) is 43.9 Å². The number of benzene rings is 3. The Bertz CT molecular complexity index is 1050. The fourth-order valence-electron chi connectivity index (χ4n) is 4.17. The van der Waals surface area contributed by atoms with E-state index in [1.54, 1.807) is 0 Å². The van der Waals surface area contributed by atoms with Gasteiger partial charge < -0.3 is 10.2 Å². The largest absolute Gasteiger partial charge is 0.378 e. The van der Waals surface area contributed by atoms with Gasteiger partial charge in [0.05, 0.1) is 11.6 Å². The summed E-state index contributed by atoms with van der Waals surface area (Å²) in [6.07, 6.45) is 1.03. The van der Waals surface area contributed by atoms with Crippen molar-refractivity contribution < 1.29 is 4.79 Å². The van der Waals surface area contributed by atoms with Crippen molar-refractivity contribution >= 4 is 27.5 Å². The van der Waals surface area contributed by atoms with E-state index in [9.17, 15) is 4.79 Å². The van der Waals surface area contributed by atoms with Crippen LogP contribution in [0.3, 0.4) is 0 Å². The van der Waals surface area contributed by atoms with Crippen LogP contribution in [0.2, 0.25) is 0 Å². The van der Waals surface area contributed by atoms with Crippen molar-refractivity contribution in [3.63, 3.8) is 0 Å². The van der Waals surface area contributed by atoms with Gasteiger partial charge in [-0.2, -0.15) is 0 Å². The molecule has 160 valence electrons. The number of hydrogen-bond acceptors (Lipinski definition) is 3. The van der Waals surface area contributed by atoms with Gasteiger partial charge in [0.2, 0.25) is 0 Å². The van der Waals surface area contributed by atoms with Crippen LogP contribution in [-0.4, -0.2) is 38.0 Å². The summed E-state index contributed by atoms with van der Waals surface area (Å²) in [5.41, 5.74) is 5.85. The first-order valence-electron chi connectivity index (χ1n) is 10.6. The molecule has 1 heterocycles. The second-order valence-electron chi connectivity index (χ2n) is 8.18. The normalized spacial score (nSPS) is 14.5. The molecular weight excluding hydrogens is 450 g/mol. The summed E-state index contributed by atoms with van der Waals surface area (Å²) in [6, 6.07) is 25.0. The monoisotopic (exact) mass is 477 g/mol. The van der Waals surface area contributed by atoms with Crippen LogP contribution >= 0.6 is 15.9 Å². The molecule has 1 N–H and O–H groups in total. The first-order valence-corrected chi connectivity index (χ1v) is 11.4. The van der Waals surface area contributed by atoms with E-state index in [2.05, 4.69) is 79.6 Å². The number of anilines is 1. The maximum atomic E-state index is 12.9. The van der Waals surface area contributed by atoms with Crippen molar-refractivity contribution in [3.05, 3.63) is 99.5 Å². The zero-order chi connectivity index (χ0) is 21.8. The topological polar surface area (TPSA) is 35.6 Å².